The first-order valence-corrected chi connectivity index (χ1v) is 3.44. The van der Waals surface area contributed by atoms with Gasteiger partial charge in [0.05, 0.1) is 6.07 Å². The summed E-state index contributed by atoms with van der Waals surface area (Å²) in [6.45, 7) is 1.21. The molecule has 4 heteroatoms. The Labute approximate surface area is 66.1 Å². The number of carbonyl (C=O) groups is 1. The average molecular weight is 156 g/mol. The number of hydrogen-bond acceptors (Lipinski definition) is 3. The van der Waals surface area contributed by atoms with Crippen LogP contribution < -0.4 is 5.32 Å². The summed E-state index contributed by atoms with van der Waals surface area (Å²) >= 11 is 0. The zero-order chi connectivity index (χ0) is 8.53. The molecule has 0 radical (unpaired) electrons. The summed E-state index contributed by atoms with van der Waals surface area (Å²) < 4.78 is 4.77. The van der Waals surface area contributed by atoms with E-state index in [1.54, 1.807) is 13.2 Å². The Bertz CT molecular complexity index is 151. The van der Waals surface area contributed by atoms with Gasteiger partial charge in [-0.25, -0.2) is 0 Å². The molecule has 0 aliphatic heterocycles. The number of carbonyl (C=O) groups excluding carboxylic acids is 1. The Morgan fingerprint density at radius 3 is 3.00 bits per heavy atom. The third-order valence-electron chi connectivity index (χ3n) is 1.09. The largest absolute Gasteiger partial charge is 0.385 e. The molecule has 1 amide bonds. The molecule has 0 aliphatic rings. The minimum absolute atomic E-state index is 0.0625. The maximum absolute atomic E-state index is 10.6. The lowest BCUT2D eigenvalue weighted by Crippen LogP contribution is -2.24. The van der Waals surface area contributed by atoms with E-state index in [2.05, 4.69) is 5.32 Å². The predicted molar refractivity (Wildman–Crippen MR) is 39.7 cm³/mol. The van der Waals surface area contributed by atoms with Crippen molar-refractivity contribution in [3.8, 4) is 6.07 Å². The monoisotopic (exact) mass is 156 g/mol. The molecule has 0 saturated heterocycles. The van der Waals surface area contributed by atoms with Crippen LogP contribution in [0.5, 0.6) is 0 Å². The van der Waals surface area contributed by atoms with Crippen molar-refractivity contribution >= 4 is 5.91 Å². The van der Waals surface area contributed by atoms with E-state index in [1.165, 1.54) is 0 Å². The van der Waals surface area contributed by atoms with Crippen molar-refractivity contribution in [2.75, 3.05) is 20.3 Å². The van der Waals surface area contributed by atoms with Gasteiger partial charge in [-0.1, -0.05) is 0 Å². The van der Waals surface area contributed by atoms with Gasteiger partial charge in [0.25, 0.3) is 0 Å². The number of nitrogens with one attached hydrogen (secondary N) is 1. The van der Waals surface area contributed by atoms with Gasteiger partial charge < -0.3 is 10.1 Å². The standard InChI is InChI=1S/C7H12N2O2/c1-11-6-2-5-9-7(10)3-4-8/h2-3,5-6H2,1H3,(H,9,10). The van der Waals surface area contributed by atoms with Gasteiger partial charge in [0.1, 0.15) is 6.42 Å². The van der Waals surface area contributed by atoms with Crippen molar-refractivity contribution in [3.63, 3.8) is 0 Å². The first-order chi connectivity index (χ1) is 5.31. The second-order valence-corrected chi connectivity index (χ2v) is 2.03. The molecule has 0 aromatic carbocycles. The molecule has 62 valence electrons. The van der Waals surface area contributed by atoms with Crippen LogP contribution in [-0.2, 0) is 9.53 Å². The third-order valence-corrected chi connectivity index (χ3v) is 1.09. The molecule has 0 unspecified atom stereocenters. The summed E-state index contributed by atoms with van der Waals surface area (Å²) in [6, 6.07) is 1.77. The predicted octanol–water partition coefficient (Wildman–Crippen LogP) is 0.0528. The van der Waals surface area contributed by atoms with Gasteiger partial charge in [0.15, 0.2) is 0 Å². The van der Waals surface area contributed by atoms with Crippen LogP contribution >= 0.6 is 0 Å². The quantitative estimate of drug-likeness (QED) is 0.572. The number of hydrogen-bond donors (Lipinski definition) is 1. The highest BCUT2D eigenvalue weighted by Gasteiger charge is 1.96. The van der Waals surface area contributed by atoms with Crippen molar-refractivity contribution in [1.82, 2.24) is 5.32 Å². The molecule has 0 spiro atoms. The maximum atomic E-state index is 10.6. The molecule has 0 aromatic heterocycles. The fourth-order valence-electron chi connectivity index (χ4n) is 0.579. The molecule has 0 rings (SSSR count). The maximum Gasteiger partial charge on any atom is 0.234 e. The molecule has 0 saturated carbocycles. The van der Waals surface area contributed by atoms with Gasteiger partial charge in [0, 0.05) is 20.3 Å². The fourth-order valence-corrected chi connectivity index (χ4v) is 0.579. The second-order valence-electron chi connectivity index (χ2n) is 2.03. The van der Waals surface area contributed by atoms with E-state index in [-0.39, 0.29) is 12.3 Å². The van der Waals surface area contributed by atoms with Gasteiger partial charge in [-0.15, -0.1) is 0 Å². The summed E-state index contributed by atoms with van der Waals surface area (Å²) in [5, 5.41) is 10.7. The normalized spacial score (nSPS) is 8.73. The molecule has 0 fully saturated rings. The molecule has 0 atom stereocenters. The number of nitriles is 1. The molecule has 0 aliphatic carbocycles. The van der Waals surface area contributed by atoms with Crippen LogP contribution in [0.3, 0.4) is 0 Å². The summed E-state index contributed by atoms with van der Waals surface area (Å²) in [5.41, 5.74) is 0. The van der Waals surface area contributed by atoms with Crippen LogP contribution in [0, 0.1) is 11.3 Å². The van der Waals surface area contributed by atoms with Gasteiger partial charge in [-0.2, -0.15) is 5.26 Å². The van der Waals surface area contributed by atoms with Crippen LogP contribution in [0.25, 0.3) is 0 Å². The SMILES string of the molecule is COCCCNC(=O)CC#N. The van der Waals surface area contributed by atoms with Crippen LogP contribution in [0.2, 0.25) is 0 Å². The van der Waals surface area contributed by atoms with Gasteiger partial charge in [0.2, 0.25) is 5.91 Å². The van der Waals surface area contributed by atoms with Gasteiger partial charge in [-0.3, -0.25) is 4.79 Å². The summed E-state index contributed by atoms with van der Waals surface area (Å²) in [6.07, 6.45) is 0.723. The number of methoxy groups -OCH3 is 1. The molecule has 0 heterocycles. The highest BCUT2D eigenvalue weighted by molar-refractivity contribution is 5.77. The average Bonchev–Trinajstić information content (AvgIpc) is 1.99. The second kappa shape index (κ2) is 7.03. The smallest absolute Gasteiger partial charge is 0.234 e. The zero-order valence-corrected chi connectivity index (χ0v) is 6.59. The topological polar surface area (TPSA) is 62.1 Å². The van der Waals surface area contributed by atoms with E-state index in [1.807, 2.05) is 0 Å². The Morgan fingerprint density at radius 1 is 1.73 bits per heavy atom. The molecule has 0 bridgehead atoms. The summed E-state index contributed by atoms with van der Waals surface area (Å²) in [5.74, 6) is -0.219. The van der Waals surface area contributed by atoms with Crippen LogP contribution in [0.1, 0.15) is 12.8 Å². The number of rotatable bonds is 5. The van der Waals surface area contributed by atoms with Crippen molar-refractivity contribution in [1.29, 1.82) is 5.26 Å². The Morgan fingerprint density at radius 2 is 2.45 bits per heavy atom. The van der Waals surface area contributed by atoms with Crippen molar-refractivity contribution in [2.45, 2.75) is 12.8 Å². The first kappa shape index (κ1) is 9.92. The fraction of sp³-hybridized carbons (Fsp3) is 0.714. The third kappa shape index (κ3) is 6.81. The lowest BCUT2D eigenvalue weighted by atomic mass is 10.4. The minimum Gasteiger partial charge on any atom is -0.385 e. The Kier molecular flexibility index (Phi) is 6.34. The Hall–Kier alpha value is -1.08. The minimum atomic E-state index is -0.219. The Balaban J connectivity index is 3.12. The summed E-state index contributed by atoms with van der Waals surface area (Å²) in [4.78, 5) is 10.6. The highest BCUT2D eigenvalue weighted by Crippen LogP contribution is 1.79. The highest BCUT2D eigenvalue weighted by atomic mass is 16.5. The lowest BCUT2D eigenvalue weighted by Gasteiger charge is -2.00. The van der Waals surface area contributed by atoms with E-state index in [0.717, 1.165) is 6.42 Å². The van der Waals surface area contributed by atoms with Gasteiger partial charge in [-0.05, 0) is 6.42 Å². The molecule has 0 aromatic rings. The van der Waals surface area contributed by atoms with Gasteiger partial charge >= 0.3 is 0 Å². The van der Waals surface area contributed by atoms with E-state index in [0.29, 0.717) is 13.2 Å². The van der Waals surface area contributed by atoms with E-state index in [4.69, 9.17) is 10.00 Å². The molecule has 4 nitrogen and oxygen atoms in total. The van der Waals surface area contributed by atoms with Crippen LogP contribution in [0.4, 0.5) is 0 Å². The van der Waals surface area contributed by atoms with Crippen LogP contribution in [-0.4, -0.2) is 26.2 Å². The van der Waals surface area contributed by atoms with E-state index < -0.39 is 0 Å². The van der Waals surface area contributed by atoms with E-state index >= 15 is 0 Å². The van der Waals surface area contributed by atoms with E-state index in [9.17, 15) is 4.79 Å². The molecular formula is C7H12N2O2. The molecular weight excluding hydrogens is 144 g/mol. The number of amides is 1. The van der Waals surface area contributed by atoms with Crippen molar-refractivity contribution in [3.05, 3.63) is 0 Å². The number of nitrogens with zero attached hydrogens (tertiary/aromatic N) is 1. The molecule has 1 N–H and O–H groups in total. The summed E-state index contributed by atoms with van der Waals surface area (Å²) in [7, 11) is 1.61. The number of ether oxygens (including phenoxy) is 1. The van der Waals surface area contributed by atoms with Crippen LogP contribution in [0.15, 0.2) is 0 Å². The van der Waals surface area contributed by atoms with Crippen molar-refractivity contribution < 1.29 is 9.53 Å². The zero-order valence-electron chi connectivity index (χ0n) is 6.59. The molecule has 11 heavy (non-hydrogen) atoms. The van der Waals surface area contributed by atoms with Crippen molar-refractivity contribution in [2.24, 2.45) is 0 Å². The lowest BCUT2D eigenvalue weighted by molar-refractivity contribution is -0.120. The first-order valence-electron chi connectivity index (χ1n) is 3.44.